The van der Waals surface area contributed by atoms with Gasteiger partial charge in [0.2, 0.25) is 0 Å². The van der Waals surface area contributed by atoms with Crippen LogP contribution in [0.2, 0.25) is 0 Å². The Balaban J connectivity index is 2.49. The van der Waals surface area contributed by atoms with E-state index in [0.717, 1.165) is 5.56 Å². The topological polar surface area (TPSA) is 43.1 Å². The van der Waals surface area contributed by atoms with Gasteiger partial charge in [-0.3, -0.25) is 10.1 Å². The second-order valence-electron chi connectivity index (χ2n) is 3.54. The molecule has 1 atom stereocenters. The summed E-state index contributed by atoms with van der Waals surface area (Å²) in [6.07, 6.45) is 7.47. The summed E-state index contributed by atoms with van der Waals surface area (Å²) in [6, 6.07) is 9.11. The fourth-order valence-corrected chi connectivity index (χ4v) is 1.79. The van der Waals surface area contributed by atoms with Crippen LogP contribution in [0.15, 0.2) is 54.6 Å². The molecule has 2 rings (SSSR count). The van der Waals surface area contributed by atoms with E-state index >= 15 is 0 Å². The predicted molar refractivity (Wildman–Crippen MR) is 58.0 cm³/mol. The van der Waals surface area contributed by atoms with Gasteiger partial charge in [0.25, 0.3) is 5.54 Å². The molecule has 0 radical (unpaired) electrons. The third-order valence-electron chi connectivity index (χ3n) is 2.65. The van der Waals surface area contributed by atoms with Gasteiger partial charge in [0.05, 0.1) is 0 Å². The molecule has 0 amide bonds. The van der Waals surface area contributed by atoms with Gasteiger partial charge in [-0.05, 0) is 6.08 Å². The highest BCUT2D eigenvalue weighted by Crippen LogP contribution is 2.32. The van der Waals surface area contributed by atoms with E-state index in [1.165, 1.54) is 0 Å². The van der Waals surface area contributed by atoms with E-state index < -0.39 is 5.54 Å². The molecule has 3 nitrogen and oxygen atoms in total. The Bertz CT molecular complexity index is 423. The molecule has 1 aliphatic carbocycles. The van der Waals surface area contributed by atoms with Gasteiger partial charge >= 0.3 is 0 Å². The highest BCUT2D eigenvalue weighted by molar-refractivity contribution is 5.32. The molecule has 15 heavy (non-hydrogen) atoms. The summed E-state index contributed by atoms with van der Waals surface area (Å²) in [4.78, 5) is 11.0. The Morgan fingerprint density at radius 1 is 1.20 bits per heavy atom. The maximum absolute atomic E-state index is 11.2. The van der Waals surface area contributed by atoms with Crippen molar-refractivity contribution in [2.24, 2.45) is 0 Å². The summed E-state index contributed by atoms with van der Waals surface area (Å²) in [5.41, 5.74) is -0.341. The zero-order valence-corrected chi connectivity index (χ0v) is 8.17. The smallest absolute Gasteiger partial charge is 0.263 e. The minimum Gasteiger partial charge on any atom is -0.263 e. The van der Waals surface area contributed by atoms with Crippen molar-refractivity contribution in [2.75, 3.05) is 0 Å². The van der Waals surface area contributed by atoms with Gasteiger partial charge in [-0.15, -0.1) is 0 Å². The van der Waals surface area contributed by atoms with E-state index in [2.05, 4.69) is 0 Å². The van der Waals surface area contributed by atoms with E-state index in [1.807, 2.05) is 30.4 Å². The van der Waals surface area contributed by atoms with Gasteiger partial charge in [-0.25, -0.2) is 0 Å². The van der Waals surface area contributed by atoms with Gasteiger partial charge in [0.1, 0.15) is 0 Å². The summed E-state index contributed by atoms with van der Waals surface area (Å²) < 4.78 is 0. The fraction of sp³-hybridized carbons (Fsp3) is 0.167. The first-order valence-corrected chi connectivity index (χ1v) is 4.80. The van der Waals surface area contributed by atoms with Crippen LogP contribution in [-0.2, 0) is 5.54 Å². The number of hydrogen-bond donors (Lipinski definition) is 0. The van der Waals surface area contributed by atoms with E-state index in [1.54, 1.807) is 24.3 Å². The Labute approximate surface area is 87.9 Å². The summed E-state index contributed by atoms with van der Waals surface area (Å²) in [6.45, 7) is 0. The second kappa shape index (κ2) is 3.69. The number of allylic oxidation sites excluding steroid dienone is 2. The Morgan fingerprint density at radius 2 is 1.93 bits per heavy atom. The third kappa shape index (κ3) is 1.56. The van der Waals surface area contributed by atoms with Crippen LogP contribution in [0.1, 0.15) is 12.0 Å². The third-order valence-corrected chi connectivity index (χ3v) is 2.65. The molecule has 1 aromatic carbocycles. The van der Waals surface area contributed by atoms with Crippen LogP contribution >= 0.6 is 0 Å². The number of nitro groups is 1. The van der Waals surface area contributed by atoms with Gasteiger partial charge in [0.15, 0.2) is 0 Å². The fourth-order valence-electron chi connectivity index (χ4n) is 1.79. The Morgan fingerprint density at radius 3 is 2.47 bits per heavy atom. The number of hydrogen-bond acceptors (Lipinski definition) is 2. The molecule has 1 unspecified atom stereocenters. The molecule has 0 aliphatic heterocycles. The van der Waals surface area contributed by atoms with E-state index in [-0.39, 0.29) is 4.92 Å². The lowest BCUT2D eigenvalue weighted by Crippen LogP contribution is -2.33. The van der Waals surface area contributed by atoms with Gasteiger partial charge < -0.3 is 0 Å². The minimum atomic E-state index is -1.07. The van der Waals surface area contributed by atoms with Crippen molar-refractivity contribution in [3.63, 3.8) is 0 Å². The largest absolute Gasteiger partial charge is 0.268 e. The lowest BCUT2D eigenvalue weighted by Gasteiger charge is -2.22. The van der Waals surface area contributed by atoms with Crippen molar-refractivity contribution in [2.45, 2.75) is 12.0 Å². The van der Waals surface area contributed by atoms with E-state index in [4.69, 9.17) is 0 Å². The number of rotatable bonds is 2. The van der Waals surface area contributed by atoms with Crippen LogP contribution in [-0.4, -0.2) is 4.92 Å². The maximum atomic E-state index is 11.2. The standard InChI is InChI=1S/C12H11NO2/c14-13(15)12(9-5-2-6-10-12)11-7-3-1-4-8-11/h1-9H,10H2. The molecule has 0 saturated heterocycles. The first-order valence-electron chi connectivity index (χ1n) is 4.80. The molecule has 1 aromatic rings. The van der Waals surface area contributed by atoms with Crippen molar-refractivity contribution in [1.82, 2.24) is 0 Å². The molecular formula is C12H11NO2. The summed E-state index contributed by atoms with van der Waals surface area (Å²) >= 11 is 0. The molecule has 1 aliphatic rings. The van der Waals surface area contributed by atoms with Crippen LogP contribution in [0.25, 0.3) is 0 Å². The highest BCUT2D eigenvalue weighted by Gasteiger charge is 2.41. The quantitative estimate of drug-likeness (QED) is 0.545. The lowest BCUT2D eigenvalue weighted by atomic mass is 9.85. The van der Waals surface area contributed by atoms with Crippen LogP contribution < -0.4 is 0 Å². The molecule has 0 spiro atoms. The summed E-state index contributed by atoms with van der Waals surface area (Å²) in [5.74, 6) is 0. The zero-order chi connectivity index (χ0) is 10.7. The monoisotopic (exact) mass is 201 g/mol. The zero-order valence-electron chi connectivity index (χ0n) is 8.17. The van der Waals surface area contributed by atoms with E-state index in [0.29, 0.717) is 6.42 Å². The molecular weight excluding hydrogens is 190 g/mol. The first kappa shape index (κ1) is 9.65. The molecule has 0 aromatic heterocycles. The second-order valence-corrected chi connectivity index (χ2v) is 3.54. The van der Waals surface area contributed by atoms with Gasteiger partial charge in [-0.2, -0.15) is 0 Å². The van der Waals surface area contributed by atoms with Crippen molar-refractivity contribution < 1.29 is 4.92 Å². The van der Waals surface area contributed by atoms with Crippen LogP contribution in [0.3, 0.4) is 0 Å². The Hall–Kier alpha value is -1.90. The van der Waals surface area contributed by atoms with Crippen LogP contribution in [0.5, 0.6) is 0 Å². The van der Waals surface area contributed by atoms with E-state index in [9.17, 15) is 10.1 Å². The normalized spacial score (nSPS) is 24.0. The lowest BCUT2D eigenvalue weighted by molar-refractivity contribution is -0.563. The summed E-state index contributed by atoms with van der Waals surface area (Å²) in [7, 11) is 0. The highest BCUT2D eigenvalue weighted by atomic mass is 16.6. The molecule has 0 heterocycles. The maximum Gasteiger partial charge on any atom is 0.268 e. The van der Waals surface area contributed by atoms with Crippen molar-refractivity contribution in [3.05, 3.63) is 70.3 Å². The molecule has 0 N–H and O–H groups in total. The van der Waals surface area contributed by atoms with Gasteiger partial charge in [-0.1, -0.05) is 48.6 Å². The molecule has 76 valence electrons. The van der Waals surface area contributed by atoms with Crippen molar-refractivity contribution in [3.8, 4) is 0 Å². The number of benzene rings is 1. The van der Waals surface area contributed by atoms with Crippen molar-refractivity contribution in [1.29, 1.82) is 0 Å². The van der Waals surface area contributed by atoms with Crippen molar-refractivity contribution >= 4 is 0 Å². The van der Waals surface area contributed by atoms with Crippen LogP contribution in [0, 0.1) is 10.1 Å². The molecule has 0 bridgehead atoms. The molecule has 0 fully saturated rings. The number of nitrogens with zero attached hydrogens (tertiary/aromatic N) is 1. The summed E-state index contributed by atoms with van der Waals surface area (Å²) in [5, 5.41) is 11.2. The van der Waals surface area contributed by atoms with Crippen LogP contribution in [0.4, 0.5) is 0 Å². The van der Waals surface area contributed by atoms with Gasteiger partial charge in [0, 0.05) is 16.9 Å². The molecule has 0 saturated carbocycles. The average molecular weight is 201 g/mol. The minimum absolute atomic E-state index is 0.220. The Kier molecular flexibility index (Phi) is 2.37. The first-order chi connectivity index (χ1) is 7.26. The predicted octanol–water partition coefficient (Wildman–Crippen LogP) is 2.67. The SMILES string of the molecule is O=[N+]([O-])C1(c2ccccc2)C=CC=CC1. The molecule has 3 heteroatoms. The average Bonchev–Trinajstić information content (AvgIpc) is 2.31.